The van der Waals surface area contributed by atoms with Crippen LogP contribution in [0.25, 0.3) is 0 Å². The van der Waals surface area contributed by atoms with Crippen molar-refractivity contribution < 1.29 is 28.5 Å². The Morgan fingerprint density at radius 3 is 2.49 bits per heavy atom. The molecule has 1 fully saturated rings. The van der Waals surface area contributed by atoms with Crippen LogP contribution in [0.15, 0.2) is 48.5 Å². The predicted molar refractivity (Wildman–Crippen MR) is 142 cm³/mol. The number of benzene rings is 2. The summed E-state index contributed by atoms with van der Waals surface area (Å²) in [6.45, 7) is 7.37. The highest BCUT2D eigenvalue weighted by Crippen LogP contribution is 2.29. The minimum absolute atomic E-state index is 0.00998. The Balaban J connectivity index is 1.62. The molecule has 0 aliphatic carbocycles. The number of anilines is 1. The standard InChI is InChI=1S/C28H39N3O6/c1-20(2)31(27(32)21-11-12-25(35-4)26(15-21)36-14-8-13-34-3)18-22-16-29-17-23(22)19-37-28(33)30-24-9-6-5-7-10-24/h5-7,9-12,15,20,22-23,29H,8,13-14,16-19H2,1-4H3,(H,30,33)/t22-,23+/m1/s1. The molecule has 2 N–H and O–H groups in total. The van der Waals surface area contributed by atoms with Gasteiger partial charge in [-0.25, -0.2) is 4.79 Å². The maximum absolute atomic E-state index is 13.6. The summed E-state index contributed by atoms with van der Waals surface area (Å²) in [4.78, 5) is 27.7. The number of hydrogen-bond donors (Lipinski definition) is 2. The van der Waals surface area contributed by atoms with E-state index in [0.29, 0.717) is 42.5 Å². The van der Waals surface area contributed by atoms with Crippen LogP contribution in [0, 0.1) is 11.8 Å². The predicted octanol–water partition coefficient (Wildman–Crippen LogP) is 4.05. The molecule has 2 atom stereocenters. The van der Waals surface area contributed by atoms with Gasteiger partial charge < -0.3 is 29.2 Å². The summed E-state index contributed by atoms with van der Waals surface area (Å²) in [6, 6.07) is 14.5. The summed E-state index contributed by atoms with van der Waals surface area (Å²) < 4.78 is 21.9. The van der Waals surface area contributed by atoms with E-state index in [1.54, 1.807) is 32.4 Å². The first-order chi connectivity index (χ1) is 17.9. The van der Waals surface area contributed by atoms with Crippen LogP contribution in [0.2, 0.25) is 0 Å². The molecule has 0 unspecified atom stereocenters. The fraction of sp³-hybridized carbons (Fsp3) is 0.500. The molecule has 0 aromatic heterocycles. The lowest BCUT2D eigenvalue weighted by Gasteiger charge is -2.31. The first kappa shape index (κ1) is 28.3. The number of para-hydroxylation sites is 1. The molecule has 0 spiro atoms. The van der Waals surface area contributed by atoms with E-state index in [1.165, 1.54) is 0 Å². The van der Waals surface area contributed by atoms with Gasteiger partial charge in [-0.2, -0.15) is 0 Å². The fourth-order valence-corrected chi connectivity index (χ4v) is 4.31. The van der Waals surface area contributed by atoms with E-state index in [4.69, 9.17) is 18.9 Å². The number of hydrogen-bond acceptors (Lipinski definition) is 7. The van der Waals surface area contributed by atoms with Crippen molar-refractivity contribution in [2.75, 3.05) is 59.0 Å². The van der Waals surface area contributed by atoms with Crippen LogP contribution in [0.3, 0.4) is 0 Å². The number of carbonyl (C=O) groups is 2. The third-order valence-corrected chi connectivity index (χ3v) is 6.40. The van der Waals surface area contributed by atoms with Gasteiger partial charge in [0, 0.05) is 63.0 Å². The topological polar surface area (TPSA) is 98.4 Å². The summed E-state index contributed by atoms with van der Waals surface area (Å²) in [6.07, 6.45) is 0.252. The Labute approximate surface area is 219 Å². The number of methoxy groups -OCH3 is 2. The van der Waals surface area contributed by atoms with Crippen molar-refractivity contribution in [1.82, 2.24) is 10.2 Å². The smallest absolute Gasteiger partial charge is 0.411 e. The number of nitrogens with one attached hydrogen (secondary N) is 2. The van der Waals surface area contributed by atoms with Gasteiger partial charge in [0.2, 0.25) is 0 Å². The van der Waals surface area contributed by atoms with Gasteiger partial charge in [0.25, 0.3) is 5.91 Å². The quantitative estimate of drug-likeness (QED) is 0.390. The number of rotatable bonds is 13. The van der Waals surface area contributed by atoms with Crippen LogP contribution >= 0.6 is 0 Å². The van der Waals surface area contributed by atoms with Gasteiger partial charge in [0.05, 0.1) is 20.3 Å². The van der Waals surface area contributed by atoms with Crippen LogP contribution in [0.4, 0.5) is 10.5 Å². The second-order valence-corrected chi connectivity index (χ2v) is 9.38. The summed E-state index contributed by atoms with van der Waals surface area (Å²) in [5, 5.41) is 6.12. The minimum atomic E-state index is -0.482. The summed E-state index contributed by atoms with van der Waals surface area (Å²) >= 11 is 0. The van der Waals surface area contributed by atoms with Gasteiger partial charge >= 0.3 is 6.09 Å². The fourth-order valence-electron chi connectivity index (χ4n) is 4.31. The molecular weight excluding hydrogens is 474 g/mol. The molecule has 0 radical (unpaired) electrons. The highest BCUT2D eigenvalue weighted by Gasteiger charge is 2.32. The molecule has 1 saturated heterocycles. The Hall–Kier alpha value is -3.30. The first-order valence-electron chi connectivity index (χ1n) is 12.7. The van der Waals surface area contributed by atoms with Crippen molar-refractivity contribution in [3.05, 3.63) is 54.1 Å². The van der Waals surface area contributed by atoms with Gasteiger partial charge in [-0.1, -0.05) is 18.2 Å². The molecule has 2 aromatic carbocycles. The zero-order chi connectivity index (χ0) is 26.6. The SMILES string of the molecule is COCCCOc1cc(C(=O)N(C[C@H]2CNC[C@H]2COC(=O)Nc2ccccc2)C(C)C)ccc1OC. The minimum Gasteiger partial charge on any atom is -0.493 e. The van der Waals surface area contributed by atoms with E-state index in [2.05, 4.69) is 10.6 Å². The zero-order valence-electron chi connectivity index (χ0n) is 22.2. The van der Waals surface area contributed by atoms with E-state index in [-0.39, 0.29) is 30.4 Å². The molecule has 0 bridgehead atoms. The second kappa shape index (κ2) is 14.4. The van der Waals surface area contributed by atoms with Crippen LogP contribution in [0.1, 0.15) is 30.6 Å². The Bertz CT molecular complexity index is 1000. The van der Waals surface area contributed by atoms with E-state index in [9.17, 15) is 9.59 Å². The molecule has 1 aliphatic heterocycles. The van der Waals surface area contributed by atoms with Crippen molar-refractivity contribution in [2.24, 2.45) is 11.8 Å². The maximum atomic E-state index is 13.6. The molecule has 1 heterocycles. The lowest BCUT2D eigenvalue weighted by molar-refractivity contribution is 0.0634. The lowest BCUT2D eigenvalue weighted by Crippen LogP contribution is -2.42. The number of carbonyl (C=O) groups excluding carboxylic acids is 2. The zero-order valence-corrected chi connectivity index (χ0v) is 22.2. The van der Waals surface area contributed by atoms with Crippen molar-refractivity contribution in [2.45, 2.75) is 26.3 Å². The van der Waals surface area contributed by atoms with Gasteiger partial charge in [0.15, 0.2) is 11.5 Å². The van der Waals surface area contributed by atoms with Crippen LogP contribution < -0.4 is 20.1 Å². The van der Waals surface area contributed by atoms with Gasteiger partial charge in [-0.15, -0.1) is 0 Å². The molecule has 3 rings (SSSR count). The highest BCUT2D eigenvalue weighted by atomic mass is 16.5. The Kier molecular flexibility index (Phi) is 11.0. The Morgan fingerprint density at radius 1 is 1.03 bits per heavy atom. The van der Waals surface area contributed by atoms with Gasteiger partial charge in [-0.05, 0) is 50.1 Å². The maximum Gasteiger partial charge on any atom is 0.411 e. The molecule has 37 heavy (non-hydrogen) atoms. The lowest BCUT2D eigenvalue weighted by atomic mass is 9.95. The molecular formula is C28H39N3O6. The summed E-state index contributed by atoms with van der Waals surface area (Å²) in [7, 11) is 3.23. The normalized spacial score (nSPS) is 16.9. The number of ether oxygens (including phenoxy) is 4. The van der Waals surface area contributed by atoms with Crippen molar-refractivity contribution in [1.29, 1.82) is 0 Å². The molecule has 2 amide bonds. The monoisotopic (exact) mass is 513 g/mol. The second-order valence-electron chi connectivity index (χ2n) is 9.38. The molecule has 202 valence electrons. The number of amides is 2. The van der Waals surface area contributed by atoms with Crippen LogP contribution in [-0.4, -0.2) is 76.6 Å². The highest BCUT2D eigenvalue weighted by molar-refractivity contribution is 5.95. The third kappa shape index (κ3) is 8.36. The largest absolute Gasteiger partial charge is 0.493 e. The van der Waals surface area contributed by atoms with Crippen LogP contribution in [0.5, 0.6) is 11.5 Å². The molecule has 9 nitrogen and oxygen atoms in total. The summed E-state index contributed by atoms with van der Waals surface area (Å²) in [5.74, 6) is 1.29. The molecule has 9 heteroatoms. The van der Waals surface area contributed by atoms with Gasteiger partial charge in [-0.3, -0.25) is 10.1 Å². The van der Waals surface area contributed by atoms with E-state index >= 15 is 0 Å². The van der Waals surface area contributed by atoms with E-state index < -0.39 is 6.09 Å². The van der Waals surface area contributed by atoms with Crippen molar-refractivity contribution in [3.8, 4) is 11.5 Å². The average Bonchev–Trinajstić information content (AvgIpc) is 3.35. The first-order valence-corrected chi connectivity index (χ1v) is 12.7. The summed E-state index contributed by atoms with van der Waals surface area (Å²) in [5.41, 5.74) is 1.23. The van der Waals surface area contributed by atoms with Gasteiger partial charge in [0.1, 0.15) is 0 Å². The third-order valence-electron chi connectivity index (χ3n) is 6.40. The molecule has 0 saturated carbocycles. The molecule has 2 aromatic rings. The average molecular weight is 514 g/mol. The van der Waals surface area contributed by atoms with E-state index in [0.717, 1.165) is 19.5 Å². The van der Waals surface area contributed by atoms with Crippen LogP contribution in [-0.2, 0) is 9.47 Å². The molecule has 1 aliphatic rings. The number of nitrogens with zero attached hydrogens (tertiary/aromatic N) is 1. The van der Waals surface area contributed by atoms with Crippen molar-refractivity contribution in [3.63, 3.8) is 0 Å². The van der Waals surface area contributed by atoms with E-state index in [1.807, 2.05) is 49.1 Å². The van der Waals surface area contributed by atoms with Crippen molar-refractivity contribution >= 4 is 17.7 Å². The Morgan fingerprint density at radius 2 is 1.78 bits per heavy atom.